The Morgan fingerprint density at radius 2 is 1.84 bits per heavy atom. The van der Waals surface area contributed by atoms with Crippen molar-refractivity contribution in [1.82, 2.24) is 4.90 Å². The van der Waals surface area contributed by atoms with Crippen LogP contribution in [0.2, 0.25) is 0 Å². The van der Waals surface area contributed by atoms with Crippen molar-refractivity contribution < 1.29 is 44.3 Å². The van der Waals surface area contributed by atoms with E-state index in [0.29, 0.717) is 12.1 Å². The number of nitrogens with two attached hydrogens (primary N) is 1. The van der Waals surface area contributed by atoms with Gasteiger partial charge >= 0.3 is 29.6 Å². The largest absolute Gasteiger partial charge is 1.00 e. The second-order valence-electron chi connectivity index (χ2n) is 4.17. The van der Waals surface area contributed by atoms with Gasteiger partial charge in [0.2, 0.25) is 5.91 Å². The topological polar surface area (TPSA) is 86.5 Å². The number of hydrogen-bond donors (Lipinski definition) is 1. The summed E-state index contributed by atoms with van der Waals surface area (Å²) in [6, 6.07) is 6.03. The van der Waals surface area contributed by atoms with Crippen molar-refractivity contribution in [3.8, 4) is 0 Å². The number of carboxylic acid groups (broad SMARTS) is 1. The molecule has 0 aliphatic carbocycles. The maximum Gasteiger partial charge on any atom is 1.00 e. The van der Waals surface area contributed by atoms with Crippen LogP contribution in [0.4, 0.5) is 5.69 Å². The summed E-state index contributed by atoms with van der Waals surface area (Å²) in [6.07, 6.45) is 0.479. The number of carbonyl (C=O) groups is 2. The predicted octanol–water partition coefficient (Wildman–Crippen LogP) is -3.20. The average Bonchev–Trinajstić information content (AvgIpc) is 2.32. The van der Waals surface area contributed by atoms with Crippen LogP contribution in [-0.4, -0.2) is 29.9 Å². The van der Waals surface area contributed by atoms with Crippen molar-refractivity contribution in [2.75, 3.05) is 12.8 Å². The number of nitrogens with zero attached hydrogens (tertiary/aromatic N) is 1. The van der Waals surface area contributed by atoms with Crippen LogP contribution in [0, 0.1) is 0 Å². The molecule has 0 saturated carbocycles. The molecule has 1 aromatic rings. The molecule has 1 aromatic carbocycles. The molecule has 1 rings (SSSR count). The summed E-state index contributed by atoms with van der Waals surface area (Å²) >= 11 is 0. The zero-order valence-electron chi connectivity index (χ0n) is 11.6. The van der Waals surface area contributed by atoms with E-state index < -0.39 is 12.0 Å². The minimum absolute atomic E-state index is 0. The molecule has 5 nitrogen and oxygen atoms in total. The van der Waals surface area contributed by atoms with E-state index in [1.165, 1.54) is 11.9 Å². The molecule has 0 aliphatic rings. The molecule has 1 amide bonds. The number of amides is 1. The Labute approximate surface area is 135 Å². The number of hydrogen-bond acceptors (Lipinski definition) is 4. The summed E-state index contributed by atoms with van der Waals surface area (Å²) in [5, 5.41) is 10.9. The van der Waals surface area contributed by atoms with Crippen molar-refractivity contribution in [2.45, 2.75) is 25.8 Å². The van der Waals surface area contributed by atoms with Crippen LogP contribution >= 0.6 is 0 Å². The second-order valence-corrected chi connectivity index (χ2v) is 4.17. The van der Waals surface area contributed by atoms with Crippen molar-refractivity contribution in [2.24, 2.45) is 0 Å². The van der Waals surface area contributed by atoms with Gasteiger partial charge in [-0.05, 0) is 24.1 Å². The third kappa shape index (κ3) is 5.22. The monoisotopic (exact) mass is 272 g/mol. The fraction of sp³-hybridized carbons (Fsp3) is 0.385. The van der Waals surface area contributed by atoms with E-state index in [9.17, 15) is 14.7 Å². The van der Waals surface area contributed by atoms with Gasteiger partial charge in [0, 0.05) is 12.7 Å². The number of nitrogen functional groups attached to an aromatic ring is 1. The van der Waals surface area contributed by atoms with Crippen LogP contribution in [0.25, 0.3) is 0 Å². The van der Waals surface area contributed by atoms with Gasteiger partial charge in [0.25, 0.3) is 0 Å². The van der Waals surface area contributed by atoms with Crippen LogP contribution in [0.3, 0.4) is 0 Å². The molecule has 98 valence electrons. The van der Waals surface area contributed by atoms with E-state index in [1.54, 1.807) is 31.2 Å². The van der Waals surface area contributed by atoms with E-state index in [2.05, 4.69) is 0 Å². The molecule has 0 spiro atoms. The number of benzene rings is 1. The molecular weight excluding hydrogens is 255 g/mol. The van der Waals surface area contributed by atoms with Gasteiger partial charge in [0.05, 0.1) is 18.4 Å². The van der Waals surface area contributed by atoms with Crippen LogP contribution in [-0.2, 0) is 16.0 Å². The third-order valence-electron chi connectivity index (χ3n) is 2.85. The second kappa shape index (κ2) is 8.19. The maximum atomic E-state index is 11.9. The third-order valence-corrected chi connectivity index (χ3v) is 2.85. The van der Waals surface area contributed by atoms with E-state index in [0.717, 1.165) is 5.56 Å². The first-order valence-corrected chi connectivity index (χ1v) is 5.76. The molecule has 0 bridgehead atoms. The van der Waals surface area contributed by atoms with Gasteiger partial charge in [-0.3, -0.25) is 4.79 Å². The summed E-state index contributed by atoms with van der Waals surface area (Å²) in [4.78, 5) is 24.0. The Balaban J connectivity index is 0.00000324. The standard InChI is InChI=1S/C13H18N2O3.Na/c1-3-11(13(17)18)15(2)12(16)8-9-4-6-10(14)7-5-9;/h4-7,11H,3,8,14H2,1-2H3,(H,17,18);/q;+1/p-1. The summed E-state index contributed by atoms with van der Waals surface area (Å²) in [7, 11) is 1.48. The SMILES string of the molecule is CCC(C(=O)[O-])N(C)C(=O)Cc1ccc(N)cc1.[Na+]. The van der Waals surface area contributed by atoms with E-state index in [-0.39, 0.29) is 41.9 Å². The van der Waals surface area contributed by atoms with Crippen molar-refractivity contribution in [1.29, 1.82) is 0 Å². The molecule has 0 aromatic heterocycles. The number of carbonyl (C=O) groups excluding carboxylic acids is 2. The molecule has 0 fully saturated rings. The zero-order chi connectivity index (χ0) is 13.7. The minimum atomic E-state index is -1.23. The Morgan fingerprint density at radius 3 is 2.26 bits per heavy atom. The molecule has 1 atom stereocenters. The summed E-state index contributed by atoms with van der Waals surface area (Å²) < 4.78 is 0. The number of carboxylic acids is 1. The van der Waals surface area contributed by atoms with Crippen molar-refractivity contribution in [3.05, 3.63) is 29.8 Å². The van der Waals surface area contributed by atoms with Crippen LogP contribution in [0.5, 0.6) is 0 Å². The Morgan fingerprint density at radius 1 is 1.32 bits per heavy atom. The van der Waals surface area contributed by atoms with E-state index in [4.69, 9.17) is 5.73 Å². The number of rotatable bonds is 5. The molecular formula is C13H17N2NaO3. The maximum absolute atomic E-state index is 11.9. The molecule has 0 saturated heterocycles. The first-order valence-electron chi connectivity index (χ1n) is 5.76. The Bertz CT molecular complexity index is 434. The molecule has 2 N–H and O–H groups in total. The molecule has 6 heteroatoms. The zero-order valence-corrected chi connectivity index (χ0v) is 13.6. The van der Waals surface area contributed by atoms with Gasteiger partial charge in [-0.25, -0.2) is 0 Å². The molecule has 0 aliphatic heterocycles. The van der Waals surface area contributed by atoms with Crippen LogP contribution < -0.4 is 40.4 Å². The number of aliphatic carboxylic acids is 1. The van der Waals surface area contributed by atoms with Gasteiger partial charge in [0.1, 0.15) is 0 Å². The molecule has 0 radical (unpaired) electrons. The van der Waals surface area contributed by atoms with Gasteiger partial charge in [-0.2, -0.15) is 0 Å². The van der Waals surface area contributed by atoms with Gasteiger partial charge in [-0.1, -0.05) is 19.1 Å². The Kier molecular flexibility index (Phi) is 7.75. The molecule has 0 heterocycles. The van der Waals surface area contributed by atoms with E-state index in [1.807, 2.05) is 0 Å². The van der Waals surface area contributed by atoms with E-state index >= 15 is 0 Å². The fourth-order valence-corrected chi connectivity index (χ4v) is 1.71. The average molecular weight is 272 g/mol. The van der Waals surface area contributed by atoms with Gasteiger partial charge in [-0.15, -0.1) is 0 Å². The number of anilines is 1. The molecule has 1 unspecified atom stereocenters. The fourth-order valence-electron chi connectivity index (χ4n) is 1.71. The van der Waals surface area contributed by atoms with Crippen LogP contribution in [0.15, 0.2) is 24.3 Å². The van der Waals surface area contributed by atoms with Crippen LogP contribution in [0.1, 0.15) is 18.9 Å². The first kappa shape index (κ1) is 18.0. The van der Waals surface area contributed by atoms with Gasteiger partial charge < -0.3 is 20.5 Å². The normalized spacial score (nSPS) is 11.3. The number of likely N-dealkylation sites (N-methyl/N-ethyl adjacent to an activating group) is 1. The Hall–Kier alpha value is -1.04. The summed E-state index contributed by atoms with van der Waals surface area (Å²) in [5.41, 5.74) is 6.97. The van der Waals surface area contributed by atoms with Gasteiger partial charge in [0.15, 0.2) is 0 Å². The first-order chi connectivity index (χ1) is 8.45. The quantitative estimate of drug-likeness (QED) is 0.452. The smallest absolute Gasteiger partial charge is 0.548 e. The summed E-state index contributed by atoms with van der Waals surface area (Å²) in [6.45, 7) is 1.70. The van der Waals surface area contributed by atoms with Crippen molar-refractivity contribution >= 4 is 17.6 Å². The minimum Gasteiger partial charge on any atom is -0.548 e. The summed E-state index contributed by atoms with van der Waals surface area (Å²) in [5.74, 6) is -1.48. The predicted molar refractivity (Wildman–Crippen MR) is 66.4 cm³/mol. The molecule has 19 heavy (non-hydrogen) atoms. The van der Waals surface area contributed by atoms with Crippen molar-refractivity contribution in [3.63, 3.8) is 0 Å².